The number of nitrogens with zero attached hydrogens (tertiary/aromatic N) is 2. The molecule has 0 saturated heterocycles. The van der Waals surface area contributed by atoms with Crippen molar-refractivity contribution in [1.82, 2.24) is 4.90 Å². The normalized spacial score (nSPS) is 10.9. The summed E-state index contributed by atoms with van der Waals surface area (Å²) in [4.78, 5) is 16.8. The van der Waals surface area contributed by atoms with Gasteiger partial charge in [0.1, 0.15) is 11.3 Å². The molecule has 0 fully saturated rings. The van der Waals surface area contributed by atoms with Gasteiger partial charge in [-0.2, -0.15) is 0 Å². The Morgan fingerprint density at radius 1 is 1.07 bits per heavy atom. The molecule has 0 saturated carbocycles. The average molecular weight is 380 g/mol. The van der Waals surface area contributed by atoms with E-state index in [1.165, 1.54) is 5.69 Å². The van der Waals surface area contributed by atoms with Gasteiger partial charge in [0.05, 0.1) is 19.8 Å². The summed E-state index contributed by atoms with van der Waals surface area (Å²) in [5.74, 6) is 0.802. The third-order valence-electron chi connectivity index (χ3n) is 5.11. The molecule has 2 aromatic carbocycles. The van der Waals surface area contributed by atoms with Crippen molar-refractivity contribution in [1.29, 1.82) is 0 Å². The number of benzene rings is 2. The molecule has 0 aliphatic heterocycles. The van der Waals surface area contributed by atoms with Crippen LogP contribution in [0.4, 0.5) is 5.69 Å². The fraction of sp³-hybridized carbons (Fsp3) is 0.348. The van der Waals surface area contributed by atoms with Gasteiger partial charge in [-0.05, 0) is 43.7 Å². The summed E-state index contributed by atoms with van der Waals surface area (Å²) in [7, 11) is 3.46. The second kappa shape index (κ2) is 8.83. The average Bonchev–Trinajstić information content (AvgIpc) is 3.12. The van der Waals surface area contributed by atoms with Crippen molar-refractivity contribution in [3.8, 4) is 5.75 Å². The number of carbonyl (C=O) groups is 1. The third-order valence-corrected chi connectivity index (χ3v) is 5.11. The lowest BCUT2D eigenvalue weighted by Crippen LogP contribution is -2.27. The van der Waals surface area contributed by atoms with E-state index in [-0.39, 0.29) is 5.91 Å². The third kappa shape index (κ3) is 4.30. The van der Waals surface area contributed by atoms with Gasteiger partial charge in [0.25, 0.3) is 0 Å². The largest absolute Gasteiger partial charge is 0.497 e. The smallest absolute Gasteiger partial charge is 0.227 e. The zero-order valence-corrected chi connectivity index (χ0v) is 17.1. The lowest BCUT2D eigenvalue weighted by molar-refractivity contribution is -0.129. The van der Waals surface area contributed by atoms with Gasteiger partial charge in [0.15, 0.2) is 0 Å². The molecule has 0 spiro atoms. The fourth-order valence-corrected chi connectivity index (χ4v) is 3.39. The van der Waals surface area contributed by atoms with Gasteiger partial charge in [0.2, 0.25) is 5.91 Å². The fourth-order valence-electron chi connectivity index (χ4n) is 3.39. The maximum absolute atomic E-state index is 12.7. The first-order chi connectivity index (χ1) is 13.5. The molecule has 1 heterocycles. The maximum atomic E-state index is 12.7. The highest BCUT2D eigenvalue weighted by molar-refractivity contribution is 5.88. The van der Waals surface area contributed by atoms with Crippen LogP contribution in [0.2, 0.25) is 0 Å². The lowest BCUT2D eigenvalue weighted by Gasteiger charge is -2.22. The van der Waals surface area contributed by atoms with Crippen LogP contribution in [0.1, 0.15) is 25.0 Å². The van der Waals surface area contributed by atoms with Crippen molar-refractivity contribution in [3.63, 3.8) is 0 Å². The second-order valence-corrected chi connectivity index (χ2v) is 6.89. The van der Waals surface area contributed by atoms with Crippen LogP contribution in [-0.2, 0) is 17.8 Å². The number of rotatable bonds is 8. The molecular formula is C23H28N2O3. The number of amides is 1. The molecule has 148 valence electrons. The minimum atomic E-state index is 0.0614. The summed E-state index contributed by atoms with van der Waals surface area (Å²) in [6, 6.07) is 14.1. The van der Waals surface area contributed by atoms with E-state index in [4.69, 9.17) is 9.15 Å². The summed E-state index contributed by atoms with van der Waals surface area (Å²) in [6.45, 7) is 6.86. The molecule has 0 bridgehead atoms. The second-order valence-electron chi connectivity index (χ2n) is 6.89. The van der Waals surface area contributed by atoms with E-state index >= 15 is 0 Å². The van der Waals surface area contributed by atoms with Crippen molar-refractivity contribution in [3.05, 3.63) is 59.9 Å². The molecule has 0 unspecified atom stereocenters. The number of anilines is 1. The Balaban J connectivity index is 1.65. The number of methoxy groups -OCH3 is 1. The highest BCUT2D eigenvalue weighted by Crippen LogP contribution is 2.26. The highest BCUT2D eigenvalue weighted by atomic mass is 16.5. The number of hydrogen-bond donors (Lipinski definition) is 0. The molecule has 0 atom stereocenters. The summed E-state index contributed by atoms with van der Waals surface area (Å²) >= 11 is 0. The van der Waals surface area contributed by atoms with E-state index in [1.54, 1.807) is 18.3 Å². The summed E-state index contributed by atoms with van der Waals surface area (Å²) < 4.78 is 10.8. The van der Waals surface area contributed by atoms with E-state index < -0.39 is 0 Å². The van der Waals surface area contributed by atoms with Crippen LogP contribution in [-0.4, -0.2) is 38.1 Å². The minimum Gasteiger partial charge on any atom is -0.497 e. The predicted octanol–water partition coefficient (Wildman–Crippen LogP) is 4.49. The molecule has 1 aromatic heterocycles. The van der Waals surface area contributed by atoms with E-state index in [0.29, 0.717) is 13.0 Å². The van der Waals surface area contributed by atoms with E-state index in [0.717, 1.165) is 40.9 Å². The van der Waals surface area contributed by atoms with Crippen LogP contribution in [0.3, 0.4) is 0 Å². The van der Waals surface area contributed by atoms with Crippen molar-refractivity contribution in [2.75, 3.05) is 32.1 Å². The van der Waals surface area contributed by atoms with Gasteiger partial charge < -0.3 is 19.0 Å². The first kappa shape index (κ1) is 19.8. The number of furan rings is 1. The van der Waals surface area contributed by atoms with E-state index in [1.807, 2.05) is 25.2 Å². The van der Waals surface area contributed by atoms with Gasteiger partial charge >= 0.3 is 0 Å². The molecule has 3 aromatic rings. The van der Waals surface area contributed by atoms with Gasteiger partial charge in [-0.25, -0.2) is 0 Å². The first-order valence-corrected chi connectivity index (χ1v) is 9.67. The summed E-state index contributed by atoms with van der Waals surface area (Å²) in [6.07, 6.45) is 1.97. The Hall–Kier alpha value is -2.95. The Morgan fingerprint density at radius 3 is 2.43 bits per heavy atom. The maximum Gasteiger partial charge on any atom is 0.227 e. The van der Waals surface area contributed by atoms with Crippen molar-refractivity contribution in [2.45, 2.75) is 26.8 Å². The van der Waals surface area contributed by atoms with Gasteiger partial charge in [-0.3, -0.25) is 4.79 Å². The van der Waals surface area contributed by atoms with Crippen molar-refractivity contribution >= 4 is 22.6 Å². The molecule has 5 heteroatoms. The zero-order valence-electron chi connectivity index (χ0n) is 17.1. The molecule has 0 N–H and O–H groups in total. The standard InChI is InChI=1S/C23H28N2O3/c1-5-25(6-2)19-9-7-17(8-10-19)15-24(3)23(26)13-18-16-28-22-14-20(27-4)11-12-21(18)22/h7-12,14,16H,5-6,13,15H2,1-4H3. The minimum absolute atomic E-state index is 0.0614. The SMILES string of the molecule is CCN(CC)c1ccc(CN(C)C(=O)Cc2coc3cc(OC)ccc23)cc1. The van der Waals surface area contributed by atoms with Crippen molar-refractivity contribution < 1.29 is 13.9 Å². The van der Waals surface area contributed by atoms with Crippen LogP contribution < -0.4 is 9.64 Å². The Bertz CT molecular complexity index is 927. The molecule has 28 heavy (non-hydrogen) atoms. The monoisotopic (exact) mass is 380 g/mol. The molecule has 1 amide bonds. The molecule has 0 aliphatic carbocycles. The molecule has 0 radical (unpaired) electrons. The van der Waals surface area contributed by atoms with Crippen LogP contribution >= 0.6 is 0 Å². The summed E-state index contributed by atoms with van der Waals surface area (Å²) in [5, 5.41) is 0.950. The van der Waals surface area contributed by atoms with Crippen LogP contribution in [0, 0.1) is 0 Å². The van der Waals surface area contributed by atoms with Gasteiger partial charge in [-0.1, -0.05) is 12.1 Å². The molecule has 3 rings (SSSR count). The molecule has 0 aliphatic rings. The van der Waals surface area contributed by atoms with Crippen molar-refractivity contribution in [2.24, 2.45) is 0 Å². The number of likely N-dealkylation sites (N-methyl/N-ethyl adjacent to an activating group) is 1. The Kier molecular flexibility index (Phi) is 6.24. The van der Waals surface area contributed by atoms with Crippen LogP contribution in [0.15, 0.2) is 53.1 Å². The number of carbonyl (C=O) groups excluding carboxylic acids is 1. The topological polar surface area (TPSA) is 45.9 Å². The Labute approximate surface area is 166 Å². The highest BCUT2D eigenvalue weighted by Gasteiger charge is 2.15. The predicted molar refractivity (Wildman–Crippen MR) is 113 cm³/mol. The summed E-state index contributed by atoms with van der Waals surface area (Å²) in [5.41, 5.74) is 3.96. The zero-order chi connectivity index (χ0) is 20.1. The van der Waals surface area contributed by atoms with Crippen LogP contribution in [0.25, 0.3) is 11.0 Å². The van der Waals surface area contributed by atoms with Gasteiger partial charge in [0, 0.05) is 49.4 Å². The van der Waals surface area contributed by atoms with E-state index in [2.05, 4.69) is 43.0 Å². The molecular weight excluding hydrogens is 352 g/mol. The van der Waals surface area contributed by atoms with Crippen LogP contribution in [0.5, 0.6) is 5.75 Å². The Morgan fingerprint density at radius 2 is 1.79 bits per heavy atom. The quantitative estimate of drug-likeness (QED) is 0.578. The van der Waals surface area contributed by atoms with E-state index in [9.17, 15) is 4.79 Å². The number of ether oxygens (including phenoxy) is 1. The number of fused-ring (bicyclic) bond motifs is 1. The first-order valence-electron chi connectivity index (χ1n) is 9.67. The van der Waals surface area contributed by atoms with Gasteiger partial charge in [-0.15, -0.1) is 0 Å². The number of hydrogen-bond acceptors (Lipinski definition) is 4. The lowest BCUT2D eigenvalue weighted by atomic mass is 10.1. The molecule has 5 nitrogen and oxygen atoms in total.